The standard InChI is InChI=1S/C14H23NO3S/c1-11(16)19-10-13-8-14(17)15(9-13)5-2-12-3-6-18-7-4-12/h12-13H,2-10H2,1H3. The second kappa shape index (κ2) is 7.29. The van der Waals surface area contributed by atoms with Gasteiger partial charge in [0.15, 0.2) is 5.12 Å². The Kier molecular flexibility index (Phi) is 5.70. The van der Waals surface area contributed by atoms with Crippen LogP contribution in [0.25, 0.3) is 0 Å². The quantitative estimate of drug-likeness (QED) is 0.774. The second-order valence-corrected chi connectivity index (χ2v) is 6.75. The first kappa shape index (κ1) is 14.9. The number of amides is 1. The maximum absolute atomic E-state index is 11.9. The van der Waals surface area contributed by atoms with E-state index < -0.39 is 0 Å². The molecule has 2 fully saturated rings. The van der Waals surface area contributed by atoms with E-state index >= 15 is 0 Å². The molecule has 0 saturated carbocycles. The van der Waals surface area contributed by atoms with Crippen LogP contribution in [-0.4, -0.2) is 48.0 Å². The van der Waals surface area contributed by atoms with Gasteiger partial charge in [-0.05, 0) is 31.1 Å². The zero-order chi connectivity index (χ0) is 13.7. The molecule has 19 heavy (non-hydrogen) atoms. The number of rotatable bonds is 5. The lowest BCUT2D eigenvalue weighted by Crippen LogP contribution is -2.29. The molecule has 4 nitrogen and oxygen atoms in total. The highest BCUT2D eigenvalue weighted by Gasteiger charge is 2.30. The molecular weight excluding hydrogens is 262 g/mol. The van der Waals surface area contributed by atoms with Crippen LogP contribution in [0.1, 0.15) is 32.6 Å². The van der Waals surface area contributed by atoms with E-state index in [0.717, 1.165) is 51.3 Å². The van der Waals surface area contributed by atoms with Gasteiger partial charge >= 0.3 is 0 Å². The molecule has 2 aliphatic rings. The van der Waals surface area contributed by atoms with Gasteiger partial charge in [-0.3, -0.25) is 9.59 Å². The lowest BCUT2D eigenvalue weighted by Gasteiger charge is -2.24. The number of ether oxygens (including phenoxy) is 1. The Hall–Kier alpha value is -0.550. The first-order valence-corrected chi connectivity index (χ1v) is 8.12. The average molecular weight is 285 g/mol. The Bertz CT molecular complexity index is 329. The maximum Gasteiger partial charge on any atom is 0.222 e. The van der Waals surface area contributed by atoms with Crippen molar-refractivity contribution >= 4 is 22.8 Å². The second-order valence-electron chi connectivity index (χ2n) is 5.56. The number of carbonyl (C=O) groups excluding carboxylic acids is 2. The lowest BCUT2D eigenvalue weighted by atomic mass is 9.96. The molecule has 0 N–H and O–H groups in total. The highest BCUT2D eigenvalue weighted by molar-refractivity contribution is 8.13. The minimum Gasteiger partial charge on any atom is -0.381 e. The number of hydrogen-bond acceptors (Lipinski definition) is 4. The van der Waals surface area contributed by atoms with E-state index in [1.165, 1.54) is 11.8 Å². The van der Waals surface area contributed by atoms with Gasteiger partial charge in [-0.1, -0.05) is 11.8 Å². The minimum absolute atomic E-state index is 0.146. The van der Waals surface area contributed by atoms with Gasteiger partial charge in [0.1, 0.15) is 0 Å². The van der Waals surface area contributed by atoms with Crippen molar-refractivity contribution in [3.8, 4) is 0 Å². The summed E-state index contributed by atoms with van der Waals surface area (Å²) in [6, 6.07) is 0. The van der Waals surface area contributed by atoms with Crippen molar-refractivity contribution in [3.05, 3.63) is 0 Å². The molecule has 1 unspecified atom stereocenters. The van der Waals surface area contributed by atoms with Gasteiger partial charge in [0, 0.05) is 45.4 Å². The van der Waals surface area contributed by atoms with E-state index in [1.54, 1.807) is 6.92 Å². The van der Waals surface area contributed by atoms with Gasteiger partial charge in [0.05, 0.1) is 0 Å². The largest absolute Gasteiger partial charge is 0.381 e. The minimum atomic E-state index is 0.146. The molecule has 0 aromatic carbocycles. The topological polar surface area (TPSA) is 46.6 Å². The first-order chi connectivity index (χ1) is 9.15. The van der Waals surface area contributed by atoms with E-state index in [9.17, 15) is 9.59 Å². The Labute approximate surface area is 119 Å². The normalized spacial score (nSPS) is 25.0. The summed E-state index contributed by atoms with van der Waals surface area (Å²) in [6.07, 6.45) is 3.98. The molecule has 2 aliphatic heterocycles. The molecule has 1 atom stereocenters. The predicted octanol–water partition coefficient (Wildman–Crippen LogP) is 1.93. The highest BCUT2D eigenvalue weighted by Crippen LogP contribution is 2.24. The Morgan fingerprint density at radius 2 is 2.11 bits per heavy atom. The van der Waals surface area contributed by atoms with Crippen molar-refractivity contribution in [1.29, 1.82) is 0 Å². The van der Waals surface area contributed by atoms with Crippen LogP contribution in [0.5, 0.6) is 0 Å². The molecule has 108 valence electrons. The molecule has 0 radical (unpaired) electrons. The summed E-state index contributed by atoms with van der Waals surface area (Å²) in [5.74, 6) is 2.12. The molecule has 5 heteroatoms. The molecule has 0 aliphatic carbocycles. The maximum atomic E-state index is 11.9. The van der Waals surface area contributed by atoms with Crippen molar-refractivity contribution in [1.82, 2.24) is 4.90 Å². The molecule has 1 amide bonds. The van der Waals surface area contributed by atoms with Crippen molar-refractivity contribution in [2.24, 2.45) is 11.8 Å². The molecule has 0 spiro atoms. The molecule has 0 bridgehead atoms. The summed E-state index contributed by atoms with van der Waals surface area (Å²) < 4.78 is 5.35. The molecule has 2 saturated heterocycles. The fourth-order valence-corrected chi connectivity index (χ4v) is 3.48. The van der Waals surface area contributed by atoms with Gasteiger partial charge in [0.25, 0.3) is 0 Å². The number of thioether (sulfide) groups is 1. The number of likely N-dealkylation sites (tertiary alicyclic amines) is 1. The number of carbonyl (C=O) groups is 2. The van der Waals surface area contributed by atoms with Crippen molar-refractivity contribution in [2.45, 2.75) is 32.6 Å². The monoisotopic (exact) mass is 285 g/mol. The van der Waals surface area contributed by atoms with Gasteiger partial charge in [0.2, 0.25) is 5.91 Å². The van der Waals surface area contributed by atoms with E-state index in [2.05, 4.69) is 0 Å². The molecule has 2 rings (SSSR count). The third kappa shape index (κ3) is 4.80. The highest BCUT2D eigenvalue weighted by atomic mass is 32.2. The van der Waals surface area contributed by atoms with Crippen LogP contribution in [0.4, 0.5) is 0 Å². The molecule has 0 aromatic heterocycles. The van der Waals surface area contributed by atoms with Crippen LogP contribution in [-0.2, 0) is 14.3 Å². The smallest absolute Gasteiger partial charge is 0.222 e. The third-order valence-corrected chi connectivity index (χ3v) is 5.01. The summed E-state index contributed by atoms with van der Waals surface area (Å²) in [5.41, 5.74) is 0. The Balaban J connectivity index is 1.69. The zero-order valence-corrected chi connectivity index (χ0v) is 12.4. The molecular formula is C14H23NO3S. The van der Waals surface area contributed by atoms with Gasteiger partial charge in [-0.15, -0.1) is 0 Å². The van der Waals surface area contributed by atoms with Crippen molar-refractivity contribution < 1.29 is 14.3 Å². The molecule has 0 aromatic rings. The van der Waals surface area contributed by atoms with Crippen molar-refractivity contribution in [2.75, 3.05) is 32.1 Å². The summed E-state index contributed by atoms with van der Waals surface area (Å²) in [4.78, 5) is 24.8. The average Bonchev–Trinajstić information content (AvgIpc) is 2.76. The SMILES string of the molecule is CC(=O)SCC1CC(=O)N(CCC2CCOCC2)C1. The van der Waals surface area contributed by atoms with Crippen LogP contribution in [0, 0.1) is 11.8 Å². The fraction of sp³-hybridized carbons (Fsp3) is 0.857. The molecule has 2 heterocycles. The van der Waals surface area contributed by atoms with Crippen LogP contribution in [0.2, 0.25) is 0 Å². The van der Waals surface area contributed by atoms with Gasteiger partial charge < -0.3 is 9.64 Å². The van der Waals surface area contributed by atoms with E-state index in [1.807, 2.05) is 4.90 Å². The predicted molar refractivity (Wildman–Crippen MR) is 76.0 cm³/mol. The van der Waals surface area contributed by atoms with Crippen LogP contribution >= 0.6 is 11.8 Å². The zero-order valence-electron chi connectivity index (χ0n) is 11.6. The first-order valence-electron chi connectivity index (χ1n) is 7.14. The third-order valence-electron chi connectivity index (χ3n) is 3.97. The van der Waals surface area contributed by atoms with Crippen molar-refractivity contribution in [3.63, 3.8) is 0 Å². The Morgan fingerprint density at radius 1 is 1.37 bits per heavy atom. The lowest BCUT2D eigenvalue weighted by molar-refractivity contribution is -0.128. The van der Waals surface area contributed by atoms with Crippen LogP contribution in [0.15, 0.2) is 0 Å². The number of nitrogens with zero attached hydrogens (tertiary/aromatic N) is 1. The van der Waals surface area contributed by atoms with Gasteiger partial charge in [-0.25, -0.2) is 0 Å². The Morgan fingerprint density at radius 3 is 2.79 bits per heavy atom. The number of hydrogen-bond donors (Lipinski definition) is 0. The summed E-state index contributed by atoms with van der Waals surface area (Å²) in [7, 11) is 0. The van der Waals surface area contributed by atoms with Gasteiger partial charge in [-0.2, -0.15) is 0 Å². The van der Waals surface area contributed by atoms with E-state index in [0.29, 0.717) is 18.3 Å². The van der Waals surface area contributed by atoms with Crippen LogP contribution < -0.4 is 0 Å². The fourth-order valence-electron chi connectivity index (χ4n) is 2.79. The summed E-state index contributed by atoms with van der Waals surface area (Å²) in [6.45, 7) is 5.05. The summed E-state index contributed by atoms with van der Waals surface area (Å²) >= 11 is 1.34. The van der Waals surface area contributed by atoms with Crippen LogP contribution in [0.3, 0.4) is 0 Å². The van der Waals surface area contributed by atoms with E-state index in [4.69, 9.17) is 4.74 Å². The van der Waals surface area contributed by atoms with E-state index in [-0.39, 0.29) is 11.0 Å². The summed E-state index contributed by atoms with van der Waals surface area (Å²) in [5, 5.41) is 0.146.